The molecule has 0 saturated carbocycles. The van der Waals surface area contributed by atoms with Crippen LogP contribution in [0, 0.1) is 5.92 Å². The average Bonchev–Trinajstić information content (AvgIpc) is 2.82. The Hall–Kier alpha value is -2.93. The molecule has 2 atom stereocenters. The van der Waals surface area contributed by atoms with Crippen molar-refractivity contribution >= 4 is 6.09 Å². The van der Waals surface area contributed by atoms with E-state index >= 15 is 0 Å². The number of ether oxygens (including phenoxy) is 4. The third-order valence-corrected chi connectivity index (χ3v) is 5.86. The molecule has 0 aliphatic carbocycles. The molecule has 7 heteroatoms. The zero-order chi connectivity index (χ0) is 24.0. The Kier molecular flexibility index (Phi) is 7.83. The van der Waals surface area contributed by atoms with Crippen molar-refractivity contribution < 1.29 is 23.7 Å². The van der Waals surface area contributed by atoms with Crippen molar-refractivity contribution in [3.8, 4) is 17.2 Å². The fourth-order valence-corrected chi connectivity index (χ4v) is 4.20. The van der Waals surface area contributed by atoms with Crippen LogP contribution in [0.3, 0.4) is 0 Å². The Balaban J connectivity index is 1.22. The largest absolute Gasteiger partial charge is 0.489 e. The first-order valence-electron chi connectivity index (χ1n) is 12.1. The predicted octanol–water partition coefficient (Wildman–Crippen LogP) is 4.64. The molecule has 1 fully saturated rings. The third kappa shape index (κ3) is 7.03. The summed E-state index contributed by atoms with van der Waals surface area (Å²) in [6, 6.07) is 15.8. The summed E-state index contributed by atoms with van der Waals surface area (Å²) < 4.78 is 23.5. The number of nitrogens with zero attached hydrogens (tertiary/aromatic N) is 1. The highest BCUT2D eigenvalue weighted by atomic mass is 16.6. The number of piperidine rings is 1. The monoisotopic (exact) mass is 468 g/mol. The van der Waals surface area contributed by atoms with Crippen molar-refractivity contribution in [2.24, 2.45) is 5.92 Å². The van der Waals surface area contributed by atoms with Gasteiger partial charge in [0.25, 0.3) is 0 Å². The van der Waals surface area contributed by atoms with E-state index in [0.717, 1.165) is 49.5 Å². The number of nitrogens with one attached hydrogen (secondary N) is 1. The van der Waals surface area contributed by atoms with Crippen LogP contribution in [-0.2, 0) is 11.3 Å². The molecule has 1 N–H and O–H groups in total. The van der Waals surface area contributed by atoms with Crippen LogP contribution in [-0.4, -0.2) is 55.5 Å². The van der Waals surface area contributed by atoms with E-state index < -0.39 is 5.60 Å². The van der Waals surface area contributed by atoms with Crippen LogP contribution in [0.1, 0.15) is 39.2 Å². The number of carbonyl (C=O) groups is 1. The minimum atomic E-state index is -0.469. The minimum absolute atomic E-state index is 0.0811. The second-order valence-electron chi connectivity index (χ2n) is 10.0. The number of hydrogen-bond donors (Lipinski definition) is 1. The first kappa shape index (κ1) is 24.2. The van der Waals surface area contributed by atoms with E-state index in [2.05, 4.69) is 5.32 Å². The fourth-order valence-electron chi connectivity index (χ4n) is 4.20. The molecule has 4 rings (SSSR count). The van der Waals surface area contributed by atoms with Crippen LogP contribution >= 0.6 is 0 Å². The lowest BCUT2D eigenvalue weighted by Gasteiger charge is -2.34. The van der Waals surface area contributed by atoms with Gasteiger partial charge in [-0.1, -0.05) is 30.3 Å². The Bertz CT molecular complexity index is 944. The van der Waals surface area contributed by atoms with Crippen molar-refractivity contribution in [2.75, 3.05) is 32.8 Å². The lowest BCUT2D eigenvalue weighted by Crippen LogP contribution is -2.46. The zero-order valence-corrected chi connectivity index (χ0v) is 20.4. The molecule has 1 unspecified atom stereocenters. The summed E-state index contributed by atoms with van der Waals surface area (Å²) in [5, 5.41) is 3.51. The van der Waals surface area contributed by atoms with Crippen molar-refractivity contribution in [1.29, 1.82) is 0 Å². The fraction of sp³-hybridized carbons (Fsp3) is 0.519. The van der Waals surface area contributed by atoms with Crippen molar-refractivity contribution in [3.05, 3.63) is 54.1 Å². The van der Waals surface area contributed by atoms with Gasteiger partial charge < -0.3 is 29.2 Å². The lowest BCUT2D eigenvalue weighted by atomic mass is 9.98. The maximum Gasteiger partial charge on any atom is 0.410 e. The Morgan fingerprint density at radius 1 is 1.12 bits per heavy atom. The maximum absolute atomic E-state index is 12.4. The van der Waals surface area contributed by atoms with Crippen LogP contribution in [0.4, 0.5) is 4.79 Å². The molecule has 2 aromatic carbocycles. The molecule has 7 nitrogen and oxygen atoms in total. The van der Waals surface area contributed by atoms with E-state index in [9.17, 15) is 4.79 Å². The van der Waals surface area contributed by atoms with E-state index in [4.69, 9.17) is 18.9 Å². The highest BCUT2D eigenvalue weighted by Gasteiger charge is 2.28. The topological polar surface area (TPSA) is 69.3 Å². The number of carbonyl (C=O) groups excluding carboxylic acids is 1. The van der Waals surface area contributed by atoms with E-state index in [1.807, 2.05) is 74.2 Å². The summed E-state index contributed by atoms with van der Waals surface area (Å²) in [4.78, 5) is 14.2. The molecule has 0 aromatic heterocycles. The van der Waals surface area contributed by atoms with Crippen LogP contribution in [0.2, 0.25) is 0 Å². The van der Waals surface area contributed by atoms with Crippen molar-refractivity contribution in [3.63, 3.8) is 0 Å². The summed E-state index contributed by atoms with van der Waals surface area (Å²) in [5.74, 6) is 2.60. The number of hydrogen-bond acceptors (Lipinski definition) is 6. The standard InChI is InChI=1S/C27H36N2O5/c1-27(2,3)34-26(30)29-13-7-10-21(17-29)15-28-16-23-19-32-24-12-11-22(14-25(24)33-23)31-18-20-8-5-4-6-9-20/h4-6,8-9,11-12,14,21,23,28H,7,10,13,15-19H2,1-3H3/t21?,23-/m1/s1. The molecule has 2 heterocycles. The van der Waals surface area contributed by atoms with Crippen LogP contribution in [0.5, 0.6) is 17.2 Å². The Labute approximate surface area is 202 Å². The average molecular weight is 469 g/mol. The van der Waals surface area contributed by atoms with Crippen molar-refractivity contribution in [1.82, 2.24) is 10.2 Å². The molecule has 2 aromatic rings. The summed E-state index contributed by atoms with van der Waals surface area (Å²) in [7, 11) is 0. The third-order valence-electron chi connectivity index (χ3n) is 5.86. The second kappa shape index (κ2) is 11.0. The normalized spacial score (nSPS) is 20.0. The number of benzene rings is 2. The lowest BCUT2D eigenvalue weighted by molar-refractivity contribution is 0.0163. The van der Waals surface area contributed by atoms with Gasteiger partial charge in [0.1, 0.15) is 30.7 Å². The number of rotatable bonds is 7. The molecule has 2 aliphatic heterocycles. The summed E-state index contributed by atoms with van der Waals surface area (Å²) in [6.07, 6.45) is 1.79. The maximum atomic E-state index is 12.4. The molecule has 0 radical (unpaired) electrons. The molecule has 184 valence electrons. The van der Waals surface area contributed by atoms with Gasteiger partial charge in [-0.2, -0.15) is 0 Å². The van der Waals surface area contributed by atoms with Gasteiger partial charge in [0, 0.05) is 25.7 Å². The highest BCUT2D eigenvalue weighted by molar-refractivity contribution is 5.68. The first-order valence-corrected chi connectivity index (χ1v) is 12.1. The molecule has 0 bridgehead atoms. The van der Waals surface area contributed by atoms with E-state index in [1.54, 1.807) is 0 Å². The molecule has 1 saturated heterocycles. The molecular weight excluding hydrogens is 432 g/mol. The van der Waals surface area contributed by atoms with Gasteiger partial charge in [-0.25, -0.2) is 4.79 Å². The number of likely N-dealkylation sites (tertiary alicyclic amines) is 1. The van der Waals surface area contributed by atoms with E-state index in [-0.39, 0.29) is 12.2 Å². The van der Waals surface area contributed by atoms with Gasteiger partial charge in [-0.05, 0) is 63.8 Å². The quantitative estimate of drug-likeness (QED) is 0.638. The van der Waals surface area contributed by atoms with E-state index in [0.29, 0.717) is 31.4 Å². The van der Waals surface area contributed by atoms with Gasteiger partial charge in [-0.3, -0.25) is 0 Å². The minimum Gasteiger partial charge on any atom is -0.489 e. The molecular formula is C27H36N2O5. The second-order valence-corrected chi connectivity index (χ2v) is 10.0. The summed E-state index contributed by atoms with van der Waals surface area (Å²) in [5.41, 5.74) is 0.649. The predicted molar refractivity (Wildman–Crippen MR) is 131 cm³/mol. The van der Waals surface area contributed by atoms with Crippen LogP contribution < -0.4 is 19.5 Å². The van der Waals surface area contributed by atoms with Crippen LogP contribution in [0.15, 0.2) is 48.5 Å². The van der Waals surface area contributed by atoms with E-state index in [1.165, 1.54) is 0 Å². The smallest absolute Gasteiger partial charge is 0.410 e. The molecule has 2 aliphatic rings. The summed E-state index contributed by atoms with van der Waals surface area (Å²) in [6.45, 7) is 9.69. The summed E-state index contributed by atoms with van der Waals surface area (Å²) >= 11 is 0. The van der Waals surface area contributed by atoms with Crippen molar-refractivity contribution in [2.45, 2.75) is 51.9 Å². The molecule has 34 heavy (non-hydrogen) atoms. The van der Waals surface area contributed by atoms with Gasteiger partial charge in [0.2, 0.25) is 0 Å². The number of amides is 1. The zero-order valence-electron chi connectivity index (χ0n) is 20.4. The molecule has 0 spiro atoms. The Morgan fingerprint density at radius 2 is 1.94 bits per heavy atom. The van der Waals surface area contributed by atoms with Gasteiger partial charge >= 0.3 is 6.09 Å². The van der Waals surface area contributed by atoms with Gasteiger partial charge in [-0.15, -0.1) is 0 Å². The first-order chi connectivity index (χ1) is 16.4. The van der Waals surface area contributed by atoms with Gasteiger partial charge in [0.15, 0.2) is 11.5 Å². The molecule has 1 amide bonds. The SMILES string of the molecule is CC(C)(C)OC(=O)N1CCCC(CNC[C@@H]2COc3ccc(OCc4ccccc4)cc3O2)C1. The highest BCUT2D eigenvalue weighted by Crippen LogP contribution is 2.35. The number of fused-ring (bicyclic) bond motifs is 1. The van der Waals surface area contributed by atoms with Crippen LogP contribution in [0.25, 0.3) is 0 Å². The Morgan fingerprint density at radius 3 is 2.74 bits per heavy atom. The van der Waals surface area contributed by atoms with Gasteiger partial charge in [0.05, 0.1) is 0 Å².